The number of ketones is 1. The maximum atomic E-state index is 11.9. The van der Waals surface area contributed by atoms with E-state index in [1.807, 2.05) is 20.8 Å². The Morgan fingerprint density at radius 1 is 1.56 bits per heavy atom. The van der Waals surface area contributed by atoms with Gasteiger partial charge in [0.15, 0.2) is 5.78 Å². The van der Waals surface area contributed by atoms with Gasteiger partial charge in [-0.05, 0) is 12.3 Å². The average Bonchev–Trinajstić information content (AvgIpc) is 2.66. The van der Waals surface area contributed by atoms with E-state index in [9.17, 15) is 4.79 Å². The summed E-state index contributed by atoms with van der Waals surface area (Å²) in [6, 6.07) is -0.0996. The van der Waals surface area contributed by atoms with E-state index >= 15 is 0 Å². The Balaban J connectivity index is 2.69. The summed E-state index contributed by atoms with van der Waals surface area (Å²) >= 11 is 0. The number of hydrogen-bond acceptors (Lipinski definition) is 4. The van der Waals surface area contributed by atoms with Crippen LogP contribution in [0.1, 0.15) is 44.1 Å². The van der Waals surface area contributed by atoms with E-state index in [2.05, 4.69) is 10.3 Å². The zero-order valence-electron chi connectivity index (χ0n) is 10.2. The highest BCUT2D eigenvalue weighted by atomic mass is 16.1. The quantitative estimate of drug-likeness (QED) is 0.738. The molecule has 0 aromatic carbocycles. The summed E-state index contributed by atoms with van der Waals surface area (Å²) in [7, 11) is 0. The first-order valence-electron chi connectivity index (χ1n) is 5.73. The minimum Gasteiger partial charge on any atom is -0.327 e. The molecule has 5 nitrogen and oxygen atoms in total. The molecule has 1 aromatic heterocycles. The molecule has 1 heterocycles. The molecule has 1 aromatic rings. The molecule has 0 saturated carbocycles. The van der Waals surface area contributed by atoms with Gasteiger partial charge in [0.25, 0.3) is 0 Å². The molecule has 0 spiro atoms. The normalized spacial score (nSPS) is 13.1. The SMILES string of the molecule is CCCn1nncc1C(=O)CC(N)C(C)C. The minimum atomic E-state index is -0.0996. The molecule has 2 N–H and O–H groups in total. The molecule has 0 fully saturated rings. The number of rotatable bonds is 6. The van der Waals surface area contributed by atoms with Crippen LogP contribution in [-0.2, 0) is 6.54 Å². The van der Waals surface area contributed by atoms with Crippen LogP contribution >= 0.6 is 0 Å². The van der Waals surface area contributed by atoms with Crippen LogP contribution in [0.5, 0.6) is 0 Å². The van der Waals surface area contributed by atoms with Crippen molar-refractivity contribution in [3.05, 3.63) is 11.9 Å². The lowest BCUT2D eigenvalue weighted by atomic mass is 9.99. The number of nitrogens with two attached hydrogens (primary N) is 1. The van der Waals surface area contributed by atoms with Crippen LogP contribution in [0.4, 0.5) is 0 Å². The van der Waals surface area contributed by atoms with Gasteiger partial charge in [-0.1, -0.05) is 26.0 Å². The van der Waals surface area contributed by atoms with Gasteiger partial charge in [-0.25, -0.2) is 4.68 Å². The second-order valence-electron chi connectivity index (χ2n) is 4.38. The second-order valence-corrected chi connectivity index (χ2v) is 4.38. The number of Topliss-reactive ketones (excluding diaryl/α,β-unsaturated/α-hetero) is 1. The molecule has 0 aliphatic heterocycles. The van der Waals surface area contributed by atoms with Crippen LogP contribution in [0.2, 0.25) is 0 Å². The Morgan fingerprint density at radius 3 is 2.81 bits per heavy atom. The molecule has 5 heteroatoms. The van der Waals surface area contributed by atoms with E-state index < -0.39 is 0 Å². The fourth-order valence-corrected chi connectivity index (χ4v) is 1.40. The van der Waals surface area contributed by atoms with Gasteiger partial charge in [0, 0.05) is 19.0 Å². The summed E-state index contributed by atoms with van der Waals surface area (Å²) in [5.41, 5.74) is 6.44. The first kappa shape index (κ1) is 12.8. The lowest BCUT2D eigenvalue weighted by Gasteiger charge is -2.14. The van der Waals surface area contributed by atoms with E-state index in [4.69, 9.17) is 5.73 Å². The van der Waals surface area contributed by atoms with Gasteiger partial charge in [0.05, 0.1) is 6.20 Å². The van der Waals surface area contributed by atoms with Gasteiger partial charge >= 0.3 is 0 Å². The van der Waals surface area contributed by atoms with Gasteiger partial charge in [0.1, 0.15) is 5.69 Å². The molecule has 90 valence electrons. The first-order chi connectivity index (χ1) is 7.56. The van der Waals surface area contributed by atoms with Gasteiger partial charge in [-0.2, -0.15) is 0 Å². The van der Waals surface area contributed by atoms with Gasteiger partial charge in [-0.3, -0.25) is 4.79 Å². The Hall–Kier alpha value is -1.23. The van der Waals surface area contributed by atoms with Crippen LogP contribution in [0.25, 0.3) is 0 Å². The molecule has 0 bridgehead atoms. The van der Waals surface area contributed by atoms with Gasteiger partial charge < -0.3 is 5.73 Å². The first-order valence-corrected chi connectivity index (χ1v) is 5.73. The van der Waals surface area contributed by atoms with E-state index in [0.717, 1.165) is 13.0 Å². The van der Waals surface area contributed by atoms with Crippen molar-refractivity contribution in [2.24, 2.45) is 11.7 Å². The van der Waals surface area contributed by atoms with Crippen molar-refractivity contribution in [1.29, 1.82) is 0 Å². The molecule has 16 heavy (non-hydrogen) atoms. The largest absolute Gasteiger partial charge is 0.327 e. The van der Waals surface area contributed by atoms with Crippen LogP contribution in [0.3, 0.4) is 0 Å². The van der Waals surface area contributed by atoms with Crippen LogP contribution in [0, 0.1) is 5.92 Å². The number of nitrogens with zero attached hydrogens (tertiary/aromatic N) is 3. The molecule has 0 aliphatic carbocycles. The fourth-order valence-electron chi connectivity index (χ4n) is 1.40. The highest BCUT2D eigenvalue weighted by Gasteiger charge is 2.18. The predicted octanol–water partition coefficient (Wildman–Crippen LogP) is 1.24. The molecule has 0 aliphatic rings. The number of aryl methyl sites for hydroxylation is 1. The molecule has 0 saturated heterocycles. The molecule has 1 atom stereocenters. The van der Waals surface area contributed by atoms with Gasteiger partial charge in [-0.15, -0.1) is 5.10 Å². The van der Waals surface area contributed by atoms with E-state index in [1.54, 1.807) is 4.68 Å². The van der Waals surface area contributed by atoms with Gasteiger partial charge in [0.2, 0.25) is 0 Å². The number of carbonyl (C=O) groups is 1. The highest BCUT2D eigenvalue weighted by Crippen LogP contribution is 2.09. The van der Waals surface area contributed by atoms with Crippen molar-refractivity contribution in [2.75, 3.05) is 0 Å². The maximum Gasteiger partial charge on any atom is 0.184 e. The lowest BCUT2D eigenvalue weighted by Crippen LogP contribution is -2.30. The minimum absolute atomic E-state index is 0.0275. The lowest BCUT2D eigenvalue weighted by molar-refractivity contribution is 0.0957. The number of hydrogen-bond donors (Lipinski definition) is 1. The zero-order valence-corrected chi connectivity index (χ0v) is 10.2. The summed E-state index contributed by atoms with van der Waals surface area (Å²) in [4.78, 5) is 11.9. The third-order valence-corrected chi connectivity index (χ3v) is 2.62. The molecular formula is C11H20N4O. The average molecular weight is 224 g/mol. The smallest absolute Gasteiger partial charge is 0.184 e. The standard InChI is InChI=1S/C11H20N4O/c1-4-5-15-10(7-13-14-15)11(16)6-9(12)8(2)3/h7-9H,4-6,12H2,1-3H3. The Kier molecular flexibility index (Phi) is 4.61. The van der Waals surface area contributed by atoms with Crippen molar-refractivity contribution in [1.82, 2.24) is 15.0 Å². The summed E-state index contributed by atoms with van der Waals surface area (Å²) in [5.74, 6) is 0.333. The third kappa shape index (κ3) is 3.13. The van der Waals surface area contributed by atoms with Crippen molar-refractivity contribution in [2.45, 2.75) is 46.2 Å². The predicted molar refractivity (Wildman–Crippen MR) is 62.1 cm³/mol. The monoisotopic (exact) mass is 224 g/mol. The van der Waals surface area contributed by atoms with Crippen molar-refractivity contribution < 1.29 is 4.79 Å². The summed E-state index contributed by atoms with van der Waals surface area (Å²) in [5, 5.41) is 7.65. The van der Waals surface area contributed by atoms with E-state index in [1.165, 1.54) is 6.20 Å². The van der Waals surface area contributed by atoms with Crippen molar-refractivity contribution >= 4 is 5.78 Å². The Bertz CT molecular complexity index is 346. The van der Waals surface area contributed by atoms with Crippen molar-refractivity contribution in [3.63, 3.8) is 0 Å². The topological polar surface area (TPSA) is 73.8 Å². The molecule has 1 unspecified atom stereocenters. The maximum absolute atomic E-state index is 11.9. The number of carbonyl (C=O) groups excluding carboxylic acids is 1. The van der Waals surface area contributed by atoms with Crippen LogP contribution in [0.15, 0.2) is 6.20 Å². The molecular weight excluding hydrogens is 204 g/mol. The summed E-state index contributed by atoms with van der Waals surface area (Å²) in [6.45, 7) is 6.78. The summed E-state index contributed by atoms with van der Waals surface area (Å²) < 4.78 is 1.65. The zero-order chi connectivity index (χ0) is 12.1. The third-order valence-electron chi connectivity index (χ3n) is 2.62. The van der Waals surface area contributed by atoms with Crippen molar-refractivity contribution in [3.8, 4) is 0 Å². The molecule has 0 radical (unpaired) electrons. The number of aromatic nitrogens is 3. The fraction of sp³-hybridized carbons (Fsp3) is 0.727. The van der Waals surface area contributed by atoms with E-state index in [0.29, 0.717) is 18.0 Å². The second kappa shape index (κ2) is 5.75. The molecule has 1 rings (SSSR count). The van der Waals surface area contributed by atoms with Crippen LogP contribution in [-0.4, -0.2) is 26.8 Å². The highest BCUT2D eigenvalue weighted by molar-refractivity contribution is 5.94. The summed E-state index contributed by atoms with van der Waals surface area (Å²) in [6.07, 6.45) is 2.81. The van der Waals surface area contributed by atoms with Crippen LogP contribution < -0.4 is 5.73 Å². The van der Waals surface area contributed by atoms with E-state index in [-0.39, 0.29) is 11.8 Å². The molecule has 0 amide bonds. The Labute approximate surface area is 96.0 Å². The Morgan fingerprint density at radius 2 is 2.25 bits per heavy atom.